The number of esters is 2. The van der Waals surface area contributed by atoms with Gasteiger partial charge < -0.3 is 9.47 Å². The van der Waals surface area contributed by atoms with Crippen molar-refractivity contribution in [3.05, 3.63) is 11.1 Å². The lowest BCUT2D eigenvalue weighted by Gasteiger charge is -2.14. The molecule has 0 rings (SSSR count). The van der Waals surface area contributed by atoms with Crippen molar-refractivity contribution in [2.24, 2.45) is 0 Å². The van der Waals surface area contributed by atoms with Gasteiger partial charge in [0.05, 0.1) is 13.2 Å². The third kappa shape index (κ3) is 9.74. The molecule has 24 heavy (non-hydrogen) atoms. The average Bonchev–Trinajstić information content (AvgIpc) is 2.58. The van der Waals surface area contributed by atoms with Crippen LogP contribution in [0.5, 0.6) is 0 Å². The van der Waals surface area contributed by atoms with E-state index in [-0.39, 0.29) is 11.9 Å². The van der Waals surface area contributed by atoms with Crippen molar-refractivity contribution in [1.29, 1.82) is 0 Å². The number of rotatable bonds is 14. The molecule has 0 heterocycles. The number of ether oxygens (including phenoxy) is 2. The first kappa shape index (κ1) is 22.7. The number of carbonyl (C=O) groups is 2. The highest BCUT2D eigenvalue weighted by Gasteiger charge is 2.21. The highest BCUT2D eigenvalue weighted by atomic mass is 16.5. The second-order valence-electron chi connectivity index (χ2n) is 6.10. The van der Waals surface area contributed by atoms with Crippen LogP contribution < -0.4 is 0 Å². The Morgan fingerprint density at radius 2 is 1.12 bits per heavy atom. The molecule has 140 valence electrons. The molecular weight excluding hydrogens is 304 g/mol. The van der Waals surface area contributed by atoms with Gasteiger partial charge >= 0.3 is 11.9 Å². The second kappa shape index (κ2) is 15.2. The Kier molecular flexibility index (Phi) is 14.4. The second-order valence-corrected chi connectivity index (χ2v) is 6.10. The van der Waals surface area contributed by atoms with Crippen molar-refractivity contribution in [3.63, 3.8) is 0 Å². The van der Waals surface area contributed by atoms with Crippen LogP contribution in [-0.2, 0) is 19.1 Å². The number of unbranched alkanes of at least 4 members (excludes halogenated alkanes) is 5. The summed E-state index contributed by atoms with van der Waals surface area (Å²) in [6.07, 6.45) is 8.97. The third-order valence-electron chi connectivity index (χ3n) is 3.95. The standard InChI is InChI=1S/C20H36O4/c1-5-9-12-13-14-18(20(22)24-16-11-7-3)17(8-4)19(21)23-15-10-6-2/h5-16H2,1-4H3/b18-17-. The van der Waals surface area contributed by atoms with Gasteiger partial charge in [0.15, 0.2) is 0 Å². The molecule has 0 bridgehead atoms. The lowest BCUT2D eigenvalue weighted by molar-refractivity contribution is -0.142. The van der Waals surface area contributed by atoms with E-state index in [4.69, 9.17) is 9.47 Å². The Labute approximate surface area is 148 Å². The minimum Gasteiger partial charge on any atom is -0.462 e. The number of hydrogen-bond donors (Lipinski definition) is 0. The largest absolute Gasteiger partial charge is 0.462 e. The molecule has 0 aliphatic rings. The van der Waals surface area contributed by atoms with Gasteiger partial charge in [-0.05, 0) is 32.1 Å². The average molecular weight is 341 g/mol. The predicted molar refractivity (Wildman–Crippen MR) is 97.8 cm³/mol. The predicted octanol–water partition coefficient (Wildman–Crippen LogP) is 5.35. The summed E-state index contributed by atoms with van der Waals surface area (Å²) >= 11 is 0. The van der Waals surface area contributed by atoms with Crippen molar-refractivity contribution in [2.75, 3.05) is 13.2 Å². The third-order valence-corrected chi connectivity index (χ3v) is 3.95. The maximum Gasteiger partial charge on any atom is 0.334 e. The van der Waals surface area contributed by atoms with Crippen LogP contribution in [0.3, 0.4) is 0 Å². The van der Waals surface area contributed by atoms with Crippen LogP contribution in [0.1, 0.15) is 91.9 Å². The van der Waals surface area contributed by atoms with Gasteiger partial charge in [-0.25, -0.2) is 9.59 Å². The molecule has 0 aromatic heterocycles. The van der Waals surface area contributed by atoms with Crippen LogP contribution in [0.4, 0.5) is 0 Å². The topological polar surface area (TPSA) is 52.6 Å². The molecule has 0 aromatic rings. The first-order valence-corrected chi connectivity index (χ1v) is 9.68. The first-order chi connectivity index (χ1) is 11.6. The van der Waals surface area contributed by atoms with Gasteiger partial charge in [-0.1, -0.05) is 59.8 Å². The summed E-state index contributed by atoms with van der Waals surface area (Å²) in [4.78, 5) is 24.8. The zero-order chi connectivity index (χ0) is 18.2. The number of carbonyl (C=O) groups excluding carboxylic acids is 2. The molecule has 0 radical (unpaired) electrons. The summed E-state index contributed by atoms with van der Waals surface area (Å²) in [5.74, 6) is -0.701. The molecule has 0 spiro atoms. The molecule has 0 N–H and O–H groups in total. The zero-order valence-electron chi connectivity index (χ0n) is 16.1. The lowest BCUT2D eigenvalue weighted by atomic mass is 9.99. The van der Waals surface area contributed by atoms with E-state index >= 15 is 0 Å². The Balaban J connectivity index is 5.02. The molecule has 4 heteroatoms. The van der Waals surface area contributed by atoms with E-state index in [1.807, 2.05) is 6.92 Å². The Morgan fingerprint density at radius 3 is 1.58 bits per heavy atom. The maximum atomic E-state index is 12.4. The molecule has 0 fully saturated rings. The monoisotopic (exact) mass is 340 g/mol. The maximum absolute atomic E-state index is 12.4. The quantitative estimate of drug-likeness (QED) is 0.243. The minimum absolute atomic E-state index is 0.343. The van der Waals surface area contributed by atoms with Crippen LogP contribution >= 0.6 is 0 Å². The van der Waals surface area contributed by atoms with Gasteiger partial charge in [0.2, 0.25) is 0 Å². The zero-order valence-corrected chi connectivity index (χ0v) is 16.1. The fourth-order valence-corrected chi connectivity index (χ4v) is 2.38. The van der Waals surface area contributed by atoms with Crippen LogP contribution in [0, 0.1) is 0 Å². The van der Waals surface area contributed by atoms with Gasteiger partial charge in [-0.3, -0.25) is 0 Å². The van der Waals surface area contributed by atoms with Crippen LogP contribution in [0.15, 0.2) is 11.1 Å². The first-order valence-electron chi connectivity index (χ1n) is 9.68. The molecular formula is C20H36O4. The fourth-order valence-electron chi connectivity index (χ4n) is 2.38. The van der Waals surface area contributed by atoms with E-state index in [1.54, 1.807) is 0 Å². The van der Waals surface area contributed by atoms with Crippen LogP contribution in [0.25, 0.3) is 0 Å². The van der Waals surface area contributed by atoms with Crippen molar-refractivity contribution in [3.8, 4) is 0 Å². The molecule has 0 aromatic carbocycles. The summed E-state index contributed by atoms with van der Waals surface area (Å²) in [7, 11) is 0. The smallest absolute Gasteiger partial charge is 0.334 e. The molecule has 0 saturated heterocycles. The van der Waals surface area contributed by atoms with E-state index in [0.29, 0.717) is 37.2 Å². The summed E-state index contributed by atoms with van der Waals surface area (Å²) in [6, 6.07) is 0. The van der Waals surface area contributed by atoms with Crippen LogP contribution in [-0.4, -0.2) is 25.2 Å². The fraction of sp³-hybridized carbons (Fsp3) is 0.800. The molecule has 4 nitrogen and oxygen atoms in total. The summed E-state index contributed by atoms with van der Waals surface area (Å²) in [5.41, 5.74) is 1.01. The minimum atomic E-state index is -0.358. The Hall–Kier alpha value is -1.32. The van der Waals surface area contributed by atoms with Gasteiger partial charge in [0.1, 0.15) is 0 Å². The van der Waals surface area contributed by atoms with Crippen molar-refractivity contribution in [2.45, 2.75) is 91.9 Å². The van der Waals surface area contributed by atoms with E-state index in [9.17, 15) is 9.59 Å². The molecule has 0 atom stereocenters. The molecule has 0 unspecified atom stereocenters. The van der Waals surface area contributed by atoms with E-state index in [1.165, 1.54) is 0 Å². The highest BCUT2D eigenvalue weighted by molar-refractivity contribution is 6.00. The highest BCUT2D eigenvalue weighted by Crippen LogP contribution is 2.20. The van der Waals surface area contributed by atoms with Gasteiger partial charge in [-0.15, -0.1) is 0 Å². The Bertz CT molecular complexity index is 385. The van der Waals surface area contributed by atoms with E-state index in [2.05, 4.69) is 20.8 Å². The molecule has 0 aliphatic carbocycles. The summed E-state index contributed by atoms with van der Waals surface area (Å²) in [5, 5.41) is 0. The van der Waals surface area contributed by atoms with Crippen molar-refractivity contribution < 1.29 is 19.1 Å². The molecule has 0 amide bonds. The van der Waals surface area contributed by atoms with E-state index in [0.717, 1.165) is 51.4 Å². The van der Waals surface area contributed by atoms with E-state index < -0.39 is 0 Å². The molecule has 0 aliphatic heterocycles. The summed E-state index contributed by atoms with van der Waals surface area (Å²) in [6.45, 7) is 8.97. The van der Waals surface area contributed by atoms with Crippen molar-refractivity contribution in [1.82, 2.24) is 0 Å². The number of hydrogen-bond acceptors (Lipinski definition) is 4. The van der Waals surface area contributed by atoms with Crippen LogP contribution in [0.2, 0.25) is 0 Å². The Morgan fingerprint density at radius 1 is 0.625 bits per heavy atom. The normalized spacial score (nSPS) is 11.8. The lowest BCUT2D eigenvalue weighted by Crippen LogP contribution is -2.17. The van der Waals surface area contributed by atoms with Gasteiger partial charge in [0.25, 0.3) is 0 Å². The summed E-state index contributed by atoms with van der Waals surface area (Å²) < 4.78 is 10.7. The van der Waals surface area contributed by atoms with Crippen molar-refractivity contribution >= 4 is 11.9 Å². The molecule has 0 saturated carbocycles. The van der Waals surface area contributed by atoms with Gasteiger partial charge in [-0.2, -0.15) is 0 Å². The SMILES string of the molecule is CCCCCC/C(C(=O)OCCCC)=C(\CC)C(=O)OCCCC. The van der Waals surface area contributed by atoms with Gasteiger partial charge in [0, 0.05) is 11.1 Å².